The third-order valence-corrected chi connectivity index (χ3v) is 6.60. The molecule has 190 valence electrons. The van der Waals surface area contributed by atoms with Crippen LogP contribution < -0.4 is 15.5 Å². The minimum Gasteiger partial charge on any atom is -0.395 e. The summed E-state index contributed by atoms with van der Waals surface area (Å²) >= 11 is 0. The Morgan fingerprint density at radius 1 is 1.14 bits per heavy atom. The summed E-state index contributed by atoms with van der Waals surface area (Å²) in [6.07, 6.45) is 4.00. The van der Waals surface area contributed by atoms with Gasteiger partial charge in [-0.25, -0.2) is 23.4 Å². The van der Waals surface area contributed by atoms with Crippen molar-refractivity contribution in [3.8, 4) is 11.1 Å². The zero-order valence-corrected chi connectivity index (χ0v) is 20.9. The van der Waals surface area contributed by atoms with E-state index >= 15 is 0 Å². The smallest absolute Gasteiger partial charge is 0.255 e. The van der Waals surface area contributed by atoms with Crippen LogP contribution in [0.3, 0.4) is 0 Å². The predicted molar refractivity (Wildman–Crippen MR) is 136 cm³/mol. The summed E-state index contributed by atoms with van der Waals surface area (Å²) in [5.74, 6) is 0.736. The molecule has 0 spiro atoms. The van der Waals surface area contributed by atoms with Gasteiger partial charge < -0.3 is 25.4 Å². The second-order valence-corrected chi connectivity index (χ2v) is 10.2. The van der Waals surface area contributed by atoms with Crippen LogP contribution >= 0.6 is 0 Å². The number of ether oxygens (including phenoxy) is 1. The zero-order valence-electron chi connectivity index (χ0n) is 20.1. The van der Waals surface area contributed by atoms with E-state index in [0.717, 1.165) is 23.1 Å². The third-order valence-electron chi connectivity index (χ3n) is 5.62. The van der Waals surface area contributed by atoms with Gasteiger partial charge in [-0.15, -0.1) is 0 Å². The van der Waals surface area contributed by atoms with Crippen LogP contribution in [0.25, 0.3) is 11.1 Å². The molecule has 0 unspecified atom stereocenters. The van der Waals surface area contributed by atoms with Crippen molar-refractivity contribution >= 4 is 33.1 Å². The second kappa shape index (κ2) is 11.0. The van der Waals surface area contributed by atoms with Gasteiger partial charge in [0, 0.05) is 55.1 Å². The lowest BCUT2D eigenvalue weighted by molar-refractivity contribution is 0.102. The predicted octanol–water partition coefficient (Wildman–Crippen LogP) is 1.74. The van der Waals surface area contributed by atoms with E-state index in [4.69, 9.17) is 14.8 Å². The van der Waals surface area contributed by atoms with Crippen LogP contribution in [0, 0.1) is 6.92 Å². The Balaban J connectivity index is 1.73. The van der Waals surface area contributed by atoms with Crippen LogP contribution in [0.5, 0.6) is 0 Å². The molecule has 1 amide bonds. The molecule has 0 aliphatic carbocycles. The number of aliphatic hydroxyl groups excluding tert-OH is 1. The lowest BCUT2D eigenvalue weighted by Crippen LogP contribution is -2.37. The van der Waals surface area contributed by atoms with Crippen molar-refractivity contribution in [3.05, 3.63) is 54.0 Å². The van der Waals surface area contributed by atoms with Gasteiger partial charge in [-0.05, 0) is 42.8 Å². The lowest BCUT2D eigenvalue weighted by atomic mass is 10.0. The summed E-state index contributed by atoms with van der Waals surface area (Å²) in [6, 6.07) is 8.26. The number of morpholine rings is 1. The molecule has 1 aliphatic rings. The number of pyridine rings is 3. The number of aryl methyl sites for hydroxylation is 1. The first-order chi connectivity index (χ1) is 17.3. The summed E-state index contributed by atoms with van der Waals surface area (Å²) in [6.45, 7) is 4.57. The Hall–Kier alpha value is -3.61. The molecule has 36 heavy (non-hydrogen) atoms. The van der Waals surface area contributed by atoms with Gasteiger partial charge in [0.05, 0.1) is 25.5 Å². The number of carbonyl (C=O) groups is 1. The highest BCUT2D eigenvalue weighted by molar-refractivity contribution is 7.90. The standard InChI is InChI=1S/C24H28N6O5S/c1-16-19(17-3-5-25-21(13-17)26-7-10-31)15-20(23(28-16)30-8-11-35-12-9-30)29-24(32)18-4-6-27-22(14-18)36(2,33)34/h3-6,13-15,31H,7-12H2,1-2H3,(H,25,26)(H,29,32). The van der Waals surface area contributed by atoms with Crippen molar-refractivity contribution in [1.82, 2.24) is 15.0 Å². The Kier molecular flexibility index (Phi) is 7.77. The maximum absolute atomic E-state index is 13.2. The SMILES string of the molecule is Cc1nc(N2CCOCC2)c(NC(=O)c2ccnc(S(C)(=O)=O)c2)cc1-c1ccnc(NCCO)c1. The first-order valence-corrected chi connectivity index (χ1v) is 13.3. The monoisotopic (exact) mass is 512 g/mol. The molecule has 0 aromatic carbocycles. The normalized spacial score (nSPS) is 13.9. The maximum Gasteiger partial charge on any atom is 0.255 e. The molecule has 3 N–H and O–H groups in total. The maximum atomic E-state index is 13.2. The van der Waals surface area contributed by atoms with Crippen LogP contribution in [0.2, 0.25) is 0 Å². The molecule has 4 heterocycles. The Morgan fingerprint density at radius 2 is 1.89 bits per heavy atom. The minimum absolute atomic E-state index is 0.0209. The van der Waals surface area contributed by atoms with Gasteiger partial charge in [-0.2, -0.15) is 0 Å². The van der Waals surface area contributed by atoms with Crippen molar-refractivity contribution in [2.24, 2.45) is 0 Å². The van der Waals surface area contributed by atoms with Crippen molar-refractivity contribution in [1.29, 1.82) is 0 Å². The first kappa shape index (κ1) is 25.5. The molecular formula is C24H28N6O5S. The molecule has 1 saturated heterocycles. The minimum atomic E-state index is -3.57. The highest BCUT2D eigenvalue weighted by Gasteiger charge is 2.21. The fourth-order valence-corrected chi connectivity index (χ4v) is 4.41. The summed E-state index contributed by atoms with van der Waals surface area (Å²) in [7, 11) is -3.57. The fourth-order valence-electron chi connectivity index (χ4n) is 3.82. The van der Waals surface area contributed by atoms with Gasteiger partial charge in [0.2, 0.25) is 0 Å². The number of anilines is 3. The number of sulfone groups is 1. The molecule has 0 saturated carbocycles. The number of rotatable bonds is 8. The van der Waals surface area contributed by atoms with Gasteiger partial charge in [0.15, 0.2) is 20.7 Å². The summed E-state index contributed by atoms with van der Waals surface area (Å²) < 4.78 is 29.3. The van der Waals surface area contributed by atoms with E-state index in [-0.39, 0.29) is 17.2 Å². The molecule has 1 aliphatic heterocycles. The van der Waals surface area contributed by atoms with E-state index in [0.29, 0.717) is 50.2 Å². The first-order valence-electron chi connectivity index (χ1n) is 11.4. The number of amides is 1. The van der Waals surface area contributed by atoms with Crippen LogP contribution in [-0.2, 0) is 14.6 Å². The van der Waals surface area contributed by atoms with E-state index in [1.54, 1.807) is 6.20 Å². The quantitative estimate of drug-likeness (QED) is 0.408. The molecule has 12 heteroatoms. The lowest BCUT2D eigenvalue weighted by Gasteiger charge is -2.30. The summed E-state index contributed by atoms with van der Waals surface area (Å²) in [5.41, 5.74) is 3.05. The molecule has 3 aromatic rings. The number of nitrogens with one attached hydrogen (secondary N) is 2. The van der Waals surface area contributed by atoms with Gasteiger partial charge in [0.1, 0.15) is 5.82 Å². The van der Waals surface area contributed by atoms with Gasteiger partial charge in [0.25, 0.3) is 5.91 Å². The average Bonchev–Trinajstić information content (AvgIpc) is 2.88. The average molecular weight is 513 g/mol. The van der Waals surface area contributed by atoms with E-state index in [9.17, 15) is 13.2 Å². The number of hydrogen-bond donors (Lipinski definition) is 3. The highest BCUT2D eigenvalue weighted by Crippen LogP contribution is 2.33. The number of aliphatic hydroxyl groups is 1. The van der Waals surface area contributed by atoms with Crippen LogP contribution in [0.1, 0.15) is 16.1 Å². The molecule has 0 atom stereocenters. The van der Waals surface area contributed by atoms with Crippen molar-refractivity contribution in [3.63, 3.8) is 0 Å². The van der Waals surface area contributed by atoms with Crippen LogP contribution in [0.15, 0.2) is 47.8 Å². The van der Waals surface area contributed by atoms with Crippen molar-refractivity contribution in [2.45, 2.75) is 11.9 Å². The Morgan fingerprint density at radius 3 is 2.61 bits per heavy atom. The van der Waals surface area contributed by atoms with Crippen LogP contribution in [-0.4, -0.2) is 80.1 Å². The summed E-state index contributed by atoms with van der Waals surface area (Å²) in [5, 5.41) is 14.9. The highest BCUT2D eigenvalue weighted by atomic mass is 32.2. The van der Waals surface area contributed by atoms with Gasteiger partial charge in [-0.1, -0.05) is 0 Å². The van der Waals surface area contributed by atoms with Gasteiger partial charge >= 0.3 is 0 Å². The fraction of sp³-hybridized carbons (Fsp3) is 0.333. The topological polar surface area (TPSA) is 147 Å². The molecule has 0 radical (unpaired) electrons. The second-order valence-electron chi connectivity index (χ2n) is 8.28. The number of nitrogens with zero attached hydrogens (tertiary/aromatic N) is 4. The van der Waals surface area contributed by atoms with E-state index in [1.807, 2.05) is 30.0 Å². The molecular weight excluding hydrogens is 484 g/mol. The third kappa shape index (κ3) is 5.96. The molecule has 4 rings (SSSR count). The van der Waals surface area contributed by atoms with Crippen LogP contribution in [0.4, 0.5) is 17.3 Å². The zero-order chi connectivity index (χ0) is 25.7. The van der Waals surface area contributed by atoms with E-state index < -0.39 is 15.7 Å². The Labute approximate surface area is 209 Å². The molecule has 3 aromatic heterocycles. The van der Waals surface area contributed by atoms with E-state index in [2.05, 4.69) is 20.6 Å². The van der Waals surface area contributed by atoms with E-state index in [1.165, 1.54) is 18.3 Å². The molecule has 1 fully saturated rings. The number of carbonyl (C=O) groups excluding carboxylic acids is 1. The van der Waals surface area contributed by atoms with Crippen molar-refractivity contribution < 1.29 is 23.1 Å². The number of aromatic nitrogens is 3. The molecule has 0 bridgehead atoms. The summed E-state index contributed by atoms with van der Waals surface area (Å²) in [4.78, 5) is 28.2. The molecule has 11 nitrogen and oxygen atoms in total. The largest absolute Gasteiger partial charge is 0.395 e. The number of hydrogen-bond acceptors (Lipinski definition) is 10. The van der Waals surface area contributed by atoms with Crippen molar-refractivity contribution in [2.75, 3.05) is 61.2 Å². The van der Waals surface area contributed by atoms with Gasteiger partial charge in [-0.3, -0.25) is 4.79 Å². The Bertz CT molecular complexity index is 1360.